The van der Waals surface area contributed by atoms with Crippen LogP contribution in [-0.4, -0.2) is 35.9 Å². The van der Waals surface area contributed by atoms with Gasteiger partial charge < -0.3 is 10.1 Å². The molecule has 1 saturated heterocycles. The summed E-state index contributed by atoms with van der Waals surface area (Å²) < 4.78 is 20.2. The van der Waals surface area contributed by atoms with E-state index in [9.17, 15) is 9.59 Å². The average molecular weight is 413 g/mol. The second kappa shape index (κ2) is 8.27. The van der Waals surface area contributed by atoms with E-state index in [0.29, 0.717) is 30.0 Å². The molecule has 0 radical (unpaired) electrons. The third-order valence-corrected chi connectivity index (χ3v) is 5.21. The van der Waals surface area contributed by atoms with Crippen LogP contribution in [0.3, 0.4) is 0 Å². The number of fused-ring (bicyclic) bond motifs is 1. The topological polar surface area (TPSA) is 68.3 Å². The Balaban J connectivity index is 1.71. The van der Waals surface area contributed by atoms with E-state index in [1.54, 1.807) is 30.5 Å². The number of hydrogen-bond donors (Lipinski definition) is 1. The minimum absolute atomic E-state index is 0.0417. The van der Waals surface area contributed by atoms with E-state index in [1.165, 1.54) is 0 Å². The molecular weight excluding hydrogens is 395 g/mol. The summed E-state index contributed by atoms with van der Waals surface area (Å²) in [6.07, 6.45) is 2.49. The summed E-state index contributed by atoms with van der Waals surface area (Å²) >= 11 is 5.85. The summed E-state index contributed by atoms with van der Waals surface area (Å²) in [7, 11) is 0. The van der Waals surface area contributed by atoms with Gasteiger partial charge in [-0.15, -0.1) is 0 Å². The molecule has 148 valence electrons. The molecule has 5 nitrogen and oxygen atoms in total. The smallest absolute Gasteiger partial charge is 0.254 e. The zero-order valence-electron chi connectivity index (χ0n) is 15.5. The van der Waals surface area contributed by atoms with Crippen molar-refractivity contribution in [2.45, 2.75) is 18.9 Å². The van der Waals surface area contributed by atoms with Gasteiger partial charge in [0, 0.05) is 18.2 Å². The molecule has 0 bridgehead atoms. The molecule has 0 saturated carbocycles. The standard InChI is InChI=1S/C22H18ClFN2O3/c23-20-6-5-13(11-25-20)9-14-10-17(21(24)16-4-2-1-3-15(14)16)22(28)26-18-7-8-29-12-19(18)27/h1-6,10-11,18H,7-9,12H2,(H,26,28)/t18-/m0/s1. The van der Waals surface area contributed by atoms with Gasteiger partial charge in [-0.05, 0) is 41.5 Å². The number of carbonyl (C=O) groups excluding carboxylic acids is 2. The Morgan fingerprint density at radius 2 is 2.03 bits per heavy atom. The van der Waals surface area contributed by atoms with Crippen LogP contribution in [0.2, 0.25) is 5.15 Å². The van der Waals surface area contributed by atoms with Crippen molar-refractivity contribution in [1.29, 1.82) is 0 Å². The van der Waals surface area contributed by atoms with Crippen molar-refractivity contribution in [2.24, 2.45) is 0 Å². The molecule has 4 rings (SSSR count). The first-order valence-corrected chi connectivity index (χ1v) is 9.62. The van der Waals surface area contributed by atoms with E-state index in [0.717, 1.165) is 16.5 Å². The van der Waals surface area contributed by atoms with E-state index in [-0.39, 0.29) is 18.0 Å². The number of aromatic nitrogens is 1. The fourth-order valence-corrected chi connectivity index (χ4v) is 3.59. The van der Waals surface area contributed by atoms with Gasteiger partial charge in [-0.1, -0.05) is 41.9 Å². The van der Waals surface area contributed by atoms with Crippen molar-refractivity contribution in [3.05, 3.63) is 76.3 Å². The van der Waals surface area contributed by atoms with Crippen molar-refractivity contribution < 1.29 is 18.7 Å². The van der Waals surface area contributed by atoms with E-state index < -0.39 is 17.8 Å². The summed E-state index contributed by atoms with van der Waals surface area (Å²) in [6.45, 7) is 0.339. The Bertz CT molecular complexity index is 1090. The molecule has 1 aromatic heterocycles. The molecule has 1 aliphatic heterocycles. The van der Waals surface area contributed by atoms with Gasteiger partial charge in [-0.3, -0.25) is 9.59 Å². The van der Waals surface area contributed by atoms with Crippen LogP contribution in [0.25, 0.3) is 10.8 Å². The number of Topliss-reactive ketones (excluding diaryl/α,β-unsaturated/α-hetero) is 1. The molecule has 7 heteroatoms. The van der Waals surface area contributed by atoms with Crippen LogP contribution in [0, 0.1) is 5.82 Å². The number of nitrogens with zero attached hydrogens (tertiary/aromatic N) is 1. The Morgan fingerprint density at radius 3 is 2.76 bits per heavy atom. The number of ketones is 1. The van der Waals surface area contributed by atoms with E-state index in [1.807, 2.05) is 18.2 Å². The number of hydrogen-bond acceptors (Lipinski definition) is 4. The van der Waals surface area contributed by atoms with Crippen LogP contribution < -0.4 is 5.32 Å². The van der Waals surface area contributed by atoms with Crippen LogP contribution in [0.5, 0.6) is 0 Å². The van der Waals surface area contributed by atoms with Gasteiger partial charge in [0.1, 0.15) is 17.6 Å². The van der Waals surface area contributed by atoms with Crippen LogP contribution in [0.1, 0.15) is 27.9 Å². The summed E-state index contributed by atoms with van der Waals surface area (Å²) in [6, 6.07) is 11.4. The highest BCUT2D eigenvalue weighted by atomic mass is 35.5. The largest absolute Gasteiger partial charge is 0.374 e. The maximum absolute atomic E-state index is 15.1. The summed E-state index contributed by atoms with van der Waals surface area (Å²) in [5.41, 5.74) is 1.59. The second-order valence-corrected chi connectivity index (χ2v) is 7.33. The third kappa shape index (κ3) is 4.13. The number of rotatable bonds is 4. The fraction of sp³-hybridized carbons (Fsp3) is 0.227. The zero-order valence-corrected chi connectivity index (χ0v) is 16.2. The normalized spacial score (nSPS) is 16.8. The van der Waals surface area contributed by atoms with Crippen molar-refractivity contribution in [2.75, 3.05) is 13.2 Å². The van der Waals surface area contributed by atoms with Crippen molar-refractivity contribution >= 4 is 34.1 Å². The van der Waals surface area contributed by atoms with E-state index >= 15 is 4.39 Å². The Hall–Kier alpha value is -2.83. The summed E-state index contributed by atoms with van der Waals surface area (Å²) in [5.74, 6) is -1.42. The zero-order chi connectivity index (χ0) is 20.4. The molecule has 0 aliphatic carbocycles. The van der Waals surface area contributed by atoms with Gasteiger partial charge >= 0.3 is 0 Å². The molecule has 2 heterocycles. The molecule has 1 amide bonds. The van der Waals surface area contributed by atoms with Gasteiger partial charge in [-0.2, -0.15) is 0 Å². The van der Waals surface area contributed by atoms with Gasteiger partial charge in [0.25, 0.3) is 5.91 Å². The lowest BCUT2D eigenvalue weighted by Crippen LogP contribution is -2.46. The SMILES string of the molecule is O=C(N[C@H]1CCOCC1=O)c1cc(Cc2ccc(Cl)nc2)c2ccccc2c1F. The molecule has 3 aromatic rings. The molecule has 29 heavy (non-hydrogen) atoms. The predicted molar refractivity (Wildman–Crippen MR) is 108 cm³/mol. The molecule has 1 N–H and O–H groups in total. The predicted octanol–water partition coefficient (Wildman–Crippen LogP) is 3.71. The first-order valence-electron chi connectivity index (χ1n) is 9.25. The van der Waals surface area contributed by atoms with Gasteiger partial charge in [0.15, 0.2) is 5.78 Å². The number of nitrogens with one attached hydrogen (secondary N) is 1. The van der Waals surface area contributed by atoms with Crippen LogP contribution >= 0.6 is 11.6 Å². The number of benzene rings is 2. The molecule has 0 unspecified atom stereocenters. The minimum Gasteiger partial charge on any atom is -0.374 e. The van der Waals surface area contributed by atoms with Crippen LogP contribution in [0.15, 0.2) is 48.7 Å². The van der Waals surface area contributed by atoms with Gasteiger partial charge in [0.2, 0.25) is 0 Å². The molecular formula is C22H18ClFN2O3. The maximum Gasteiger partial charge on any atom is 0.254 e. The average Bonchev–Trinajstić information content (AvgIpc) is 2.73. The highest BCUT2D eigenvalue weighted by Gasteiger charge is 2.26. The van der Waals surface area contributed by atoms with E-state index in [4.69, 9.17) is 16.3 Å². The van der Waals surface area contributed by atoms with Gasteiger partial charge in [-0.25, -0.2) is 9.37 Å². The van der Waals surface area contributed by atoms with Crippen LogP contribution in [0.4, 0.5) is 4.39 Å². The van der Waals surface area contributed by atoms with E-state index in [2.05, 4.69) is 10.3 Å². The molecule has 1 fully saturated rings. The fourth-order valence-electron chi connectivity index (χ4n) is 3.48. The highest BCUT2D eigenvalue weighted by Crippen LogP contribution is 2.27. The summed E-state index contributed by atoms with van der Waals surface area (Å²) in [4.78, 5) is 28.8. The lowest BCUT2D eigenvalue weighted by molar-refractivity contribution is -0.129. The third-order valence-electron chi connectivity index (χ3n) is 4.98. The lowest BCUT2D eigenvalue weighted by Gasteiger charge is -2.22. The molecule has 2 aromatic carbocycles. The molecule has 1 aliphatic rings. The van der Waals surface area contributed by atoms with Crippen LogP contribution in [-0.2, 0) is 16.0 Å². The van der Waals surface area contributed by atoms with Crippen molar-refractivity contribution in [3.63, 3.8) is 0 Å². The molecule has 1 atom stereocenters. The highest BCUT2D eigenvalue weighted by molar-refractivity contribution is 6.29. The maximum atomic E-state index is 15.1. The lowest BCUT2D eigenvalue weighted by atomic mass is 9.95. The second-order valence-electron chi connectivity index (χ2n) is 6.94. The number of halogens is 2. The Morgan fingerprint density at radius 1 is 1.24 bits per heavy atom. The minimum atomic E-state index is -0.661. The number of ether oxygens (including phenoxy) is 1. The number of carbonyl (C=O) groups is 2. The quantitative estimate of drug-likeness (QED) is 0.663. The molecule has 0 spiro atoms. The first-order chi connectivity index (χ1) is 14.0. The van der Waals surface area contributed by atoms with Crippen molar-refractivity contribution in [1.82, 2.24) is 10.3 Å². The monoisotopic (exact) mass is 412 g/mol. The Kier molecular flexibility index (Phi) is 5.56. The number of pyridine rings is 1. The number of amides is 1. The summed E-state index contributed by atoms with van der Waals surface area (Å²) in [5, 5.41) is 4.12. The Labute approximate surface area is 171 Å². The van der Waals surface area contributed by atoms with Gasteiger partial charge in [0.05, 0.1) is 11.6 Å². The van der Waals surface area contributed by atoms with Crippen molar-refractivity contribution in [3.8, 4) is 0 Å². The first kappa shape index (κ1) is 19.5.